The van der Waals surface area contributed by atoms with Crippen molar-refractivity contribution >= 4 is 28.4 Å². The van der Waals surface area contributed by atoms with Crippen molar-refractivity contribution in [3.63, 3.8) is 0 Å². The molecule has 7 heteroatoms. The van der Waals surface area contributed by atoms with Gasteiger partial charge in [-0.2, -0.15) is 0 Å². The van der Waals surface area contributed by atoms with Gasteiger partial charge in [0.2, 0.25) is 11.8 Å². The van der Waals surface area contributed by atoms with Crippen LogP contribution in [0.4, 0.5) is 0 Å². The molecule has 0 aromatic heterocycles. The quantitative estimate of drug-likeness (QED) is 0.307. The summed E-state index contributed by atoms with van der Waals surface area (Å²) in [6.07, 6.45) is 1.86. The zero-order valence-electron chi connectivity index (χ0n) is 16.9. The van der Waals surface area contributed by atoms with Gasteiger partial charge >= 0.3 is 0 Å². The highest BCUT2D eigenvalue weighted by Gasteiger charge is 2.32. The highest BCUT2D eigenvalue weighted by molar-refractivity contribution is 6.84. The SMILES string of the molecule is C=C(C)C(=O)NCCC[Si](C)(C)O[Si](C)(C)CCCNC(=O)C(=C)C. The summed E-state index contributed by atoms with van der Waals surface area (Å²) in [7, 11) is -3.50. The molecule has 25 heavy (non-hydrogen) atoms. The molecule has 0 aliphatic carbocycles. The largest absolute Gasteiger partial charge is 0.455 e. The number of hydrogen-bond acceptors (Lipinski definition) is 3. The van der Waals surface area contributed by atoms with Gasteiger partial charge in [0.1, 0.15) is 0 Å². The third kappa shape index (κ3) is 11.9. The summed E-state index contributed by atoms with van der Waals surface area (Å²) in [4.78, 5) is 22.9. The summed E-state index contributed by atoms with van der Waals surface area (Å²) in [6.45, 7) is 21.0. The average molecular weight is 385 g/mol. The van der Waals surface area contributed by atoms with Crippen molar-refractivity contribution < 1.29 is 13.7 Å². The molecular formula is C18H36N2O3Si2. The van der Waals surface area contributed by atoms with Gasteiger partial charge in [-0.3, -0.25) is 9.59 Å². The maximum absolute atomic E-state index is 11.5. The number of rotatable bonds is 12. The van der Waals surface area contributed by atoms with Gasteiger partial charge in [0.15, 0.2) is 16.6 Å². The van der Waals surface area contributed by atoms with Gasteiger partial charge in [-0.25, -0.2) is 0 Å². The predicted octanol–water partition coefficient (Wildman–Crippen LogP) is 3.58. The van der Waals surface area contributed by atoms with Crippen molar-refractivity contribution in [2.75, 3.05) is 13.1 Å². The van der Waals surface area contributed by atoms with Gasteiger partial charge < -0.3 is 14.7 Å². The molecule has 0 fully saturated rings. The third-order valence-electron chi connectivity index (χ3n) is 3.81. The Bertz CT molecular complexity index is 459. The second kappa shape index (κ2) is 10.7. The Balaban J connectivity index is 4.14. The lowest BCUT2D eigenvalue weighted by molar-refractivity contribution is -0.118. The summed E-state index contributed by atoms with van der Waals surface area (Å²) >= 11 is 0. The molecule has 2 amide bonds. The summed E-state index contributed by atoms with van der Waals surface area (Å²) in [5.41, 5.74) is 1.08. The van der Waals surface area contributed by atoms with Crippen molar-refractivity contribution in [1.82, 2.24) is 10.6 Å². The first-order valence-corrected chi connectivity index (χ1v) is 15.2. The van der Waals surface area contributed by atoms with Gasteiger partial charge in [-0.1, -0.05) is 13.2 Å². The van der Waals surface area contributed by atoms with Crippen LogP contribution in [-0.4, -0.2) is 41.5 Å². The smallest absolute Gasteiger partial charge is 0.246 e. The molecule has 0 spiro atoms. The van der Waals surface area contributed by atoms with Crippen LogP contribution in [0.15, 0.2) is 24.3 Å². The molecule has 5 nitrogen and oxygen atoms in total. The Hall–Kier alpha value is -1.19. The summed E-state index contributed by atoms with van der Waals surface area (Å²) in [6, 6.07) is 2.04. The molecule has 0 aromatic rings. The Morgan fingerprint density at radius 3 is 1.40 bits per heavy atom. The van der Waals surface area contributed by atoms with Crippen LogP contribution < -0.4 is 10.6 Å². The van der Waals surface area contributed by atoms with Gasteiger partial charge in [0.25, 0.3) is 0 Å². The van der Waals surface area contributed by atoms with Gasteiger partial charge in [0.05, 0.1) is 0 Å². The van der Waals surface area contributed by atoms with E-state index >= 15 is 0 Å². The maximum Gasteiger partial charge on any atom is 0.246 e. The average Bonchev–Trinajstić information content (AvgIpc) is 2.46. The van der Waals surface area contributed by atoms with Crippen LogP contribution >= 0.6 is 0 Å². The molecule has 0 bridgehead atoms. The molecule has 0 atom stereocenters. The van der Waals surface area contributed by atoms with Crippen molar-refractivity contribution in [2.24, 2.45) is 0 Å². The van der Waals surface area contributed by atoms with E-state index in [0.717, 1.165) is 24.9 Å². The summed E-state index contributed by atoms with van der Waals surface area (Å²) in [5.74, 6) is -0.154. The van der Waals surface area contributed by atoms with Crippen LogP contribution in [0.5, 0.6) is 0 Å². The number of nitrogens with one attached hydrogen (secondary N) is 2. The standard InChI is InChI=1S/C18H36N2O3Si2/c1-15(2)17(21)19-11-9-13-24(5,6)23-25(7,8)14-10-12-20-18(22)16(3)4/h1,3,9-14H2,2,4-8H3,(H,19,21)(H,20,22). The molecule has 0 unspecified atom stereocenters. The van der Waals surface area contributed by atoms with E-state index < -0.39 is 16.6 Å². The fourth-order valence-electron chi connectivity index (χ4n) is 2.58. The summed E-state index contributed by atoms with van der Waals surface area (Å²) in [5, 5.41) is 5.74. The monoisotopic (exact) mass is 384 g/mol. The second-order valence-electron chi connectivity index (χ2n) is 7.90. The maximum atomic E-state index is 11.5. The third-order valence-corrected chi connectivity index (χ3v) is 11.3. The first kappa shape index (κ1) is 23.8. The van der Waals surface area contributed by atoms with Crippen LogP contribution in [0.25, 0.3) is 0 Å². The molecule has 0 aromatic carbocycles. The van der Waals surface area contributed by atoms with Gasteiger partial charge in [0, 0.05) is 24.2 Å². The van der Waals surface area contributed by atoms with Crippen LogP contribution in [0.2, 0.25) is 38.3 Å². The summed E-state index contributed by atoms with van der Waals surface area (Å²) < 4.78 is 6.55. The van der Waals surface area contributed by atoms with E-state index in [9.17, 15) is 9.59 Å². The zero-order valence-corrected chi connectivity index (χ0v) is 18.9. The minimum absolute atomic E-state index is 0.0769. The van der Waals surface area contributed by atoms with E-state index in [1.54, 1.807) is 13.8 Å². The number of amides is 2. The normalized spacial score (nSPS) is 11.8. The van der Waals surface area contributed by atoms with Crippen LogP contribution in [-0.2, 0) is 13.7 Å². The topological polar surface area (TPSA) is 67.4 Å². The highest BCUT2D eigenvalue weighted by Crippen LogP contribution is 2.23. The molecule has 0 saturated carbocycles. The molecule has 0 saturated heterocycles. The lowest BCUT2D eigenvalue weighted by Gasteiger charge is -2.34. The van der Waals surface area contributed by atoms with E-state index in [4.69, 9.17) is 4.12 Å². The number of carbonyl (C=O) groups excluding carboxylic acids is 2. The first-order chi connectivity index (χ1) is 11.4. The minimum atomic E-state index is -1.75. The molecule has 0 heterocycles. The van der Waals surface area contributed by atoms with Crippen LogP contribution in [0, 0.1) is 0 Å². The first-order valence-electron chi connectivity index (χ1n) is 8.94. The van der Waals surface area contributed by atoms with Crippen molar-refractivity contribution in [1.29, 1.82) is 0 Å². The Kier molecular flexibility index (Phi) is 10.2. The van der Waals surface area contributed by atoms with Crippen molar-refractivity contribution in [3.05, 3.63) is 24.3 Å². The van der Waals surface area contributed by atoms with E-state index in [1.165, 1.54) is 0 Å². The second-order valence-corrected chi connectivity index (χ2v) is 16.8. The molecule has 2 N–H and O–H groups in total. The zero-order chi connectivity index (χ0) is 19.7. The van der Waals surface area contributed by atoms with E-state index in [-0.39, 0.29) is 11.8 Å². The fraction of sp³-hybridized carbons (Fsp3) is 0.667. The van der Waals surface area contributed by atoms with Gasteiger partial charge in [-0.05, 0) is 65.0 Å². The molecule has 0 aliphatic heterocycles. The lowest BCUT2D eigenvalue weighted by Crippen LogP contribution is -2.45. The fourth-order valence-corrected chi connectivity index (χ4v) is 11.4. The van der Waals surface area contributed by atoms with E-state index in [0.29, 0.717) is 24.2 Å². The molecule has 0 aliphatic rings. The van der Waals surface area contributed by atoms with Crippen molar-refractivity contribution in [3.8, 4) is 0 Å². The molecule has 144 valence electrons. The van der Waals surface area contributed by atoms with Crippen LogP contribution in [0.3, 0.4) is 0 Å². The number of hydrogen-bond donors (Lipinski definition) is 2. The number of carbonyl (C=O) groups is 2. The molecular weight excluding hydrogens is 348 g/mol. The van der Waals surface area contributed by atoms with E-state index in [2.05, 4.69) is 50.0 Å². The Morgan fingerprint density at radius 1 is 0.800 bits per heavy atom. The predicted molar refractivity (Wildman–Crippen MR) is 111 cm³/mol. The Labute approximate surface area is 155 Å². The van der Waals surface area contributed by atoms with Crippen LogP contribution in [0.1, 0.15) is 26.7 Å². The molecule has 0 radical (unpaired) electrons. The molecule has 0 rings (SSSR count). The van der Waals surface area contributed by atoms with E-state index in [1.807, 2.05) is 0 Å². The Morgan fingerprint density at radius 2 is 1.12 bits per heavy atom. The van der Waals surface area contributed by atoms with Gasteiger partial charge in [-0.15, -0.1) is 0 Å². The lowest BCUT2D eigenvalue weighted by atomic mass is 10.3. The highest BCUT2D eigenvalue weighted by atomic mass is 28.4. The minimum Gasteiger partial charge on any atom is -0.455 e. The van der Waals surface area contributed by atoms with Crippen molar-refractivity contribution in [2.45, 2.75) is 65.0 Å².